The maximum absolute atomic E-state index is 10.3. The molecule has 6 nitrogen and oxygen atoms in total. The number of ether oxygens (including phenoxy) is 1. The molecule has 146 valence electrons. The molecule has 1 N–H and O–H groups in total. The van der Waals surface area contributed by atoms with Gasteiger partial charge in [-0.05, 0) is 46.5 Å². The average molecular weight is 355 g/mol. The molecule has 0 aliphatic carbocycles. The van der Waals surface area contributed by atoms with E-state index in [2.05, 4.69) is 71.0 Å². The first kappa shape index (κ1) is 23.6. The highest BCUT2D eigenvalue weighted by Crippen LogP contribution is 2.21. The summed E-state index contributed by atoms with van der Waals surface area (Å²) in [5.74, 6) is 0.884. The van der Waals surface area contributed by atoms with E-state index in [1.807, 2.05) is 10.9 Å². The van der Waals surface area contributed by atoms with Crippen molar-refractivity contribution in [2.75, 3.05) is 6.61 Å². The molecule has 1 aromatic rings. The number of hydrogen-bond acceptors (Lipinski definition) is 4. The van der Waals surface area contributed by atoms with E-state index in [4.69, 9.17) is 4.74 Å². The molecule has 0 radical (unpaired) electrons. The third kappa shape index (κ3) is 10.2. The molecule has 1 aromatic heterocycles. The predicted molar refractivity (Wildman–Crippen MR) is 102 cm³/mol. The zero-order valence-electron chi connectivity index (χ0n) is 17.4. The molecule has 25 heavy (non-hydrogen) atoms. The summed E-state index contributed by atoms with van der Waals surface area (Å²) < 4.78 is 7.72. The van der Waals surface area contributed by atoms with E-state index in [9.17, 15) is 4.79 Å². The third-order valence-electron chi connectivity index (χ3n) is 4.40. The summed E-state index contributed by atoms with van der Waals surface area (Å²) in [5, 5.41) is 10.8. The zero-order chi connectivity index (χ0) is 19.5. The summed E-state index contributed by atoms with van der Waals surface area (Å²) in [4.78, 5) is 10.3. The molecule has 0 bridgehead atoms. The van der Waals surface area contributed by atoms with Gasteiger partial charge in [0.05, 0.1) is 23.9 Å². The molecule has 1 amide bonds. The van der Waals surface area contributed by atoms with Gasteiger partial charge in [-0.3, -0.25) is 4.79 Å². The van der Waals surface area contributed by atoms with E-state index in [-0.39, 0.29) is 11.1 Å². The SMILES string of the molecule is CCC(C)(C)OCCC(C)(C)n1cc(CNC=O)nn1.CCC(C)C. The summed E-state index contributed by atoms with van der Waals surface area (Å²) in [7, 11) is 0. The average Bonchev–Trinajstić information content (AvgIpc) is 3.03. The van der Waals surface area contributed by atoms with Crippen molar-refractivity contribution < 1.29 is 9.53 Å². The first-order chi connectivity index (χ1) is 11.6. The topological polar surface area (TPSA) is 69.0 Å². The van der Waals surface area contributed by atoms with Crippen LogP contribution in [0.5, 0.6) is 0 Å². The van der Waals surface area contributed by atoms with Gasteiger partial charge in [-0.1, -0.05) is 39.3 Å². The van der Waals surface area contributed by atoms with Gasteiger partial charge in [0.25, 0.3) is 0 Å². The van der Waals surface area contributed by atoms with Gasteiger partial charge >= 0.3 is 0 Å². The van der Waals surface area contributed by atoms with Crippen molar-refractivity contribution >= 4 is 6.41 Å². The molecule has 0 aliphatic heterocycles. The fourth-order valence-electron chi connectivity index (χ4n) is 1.62. The maximum atomic E-state index is 10.3. The molecule has 0 saturated heterocycles. The Bertz CT molecular complexity index is 482. The Morgan fingerprint density at radius 3 is 2.36 bits per heavy atom. The Morgan fingerprint density at radius 2 is 1.88 bits per heavy atom. The van der Waals surface area contributed by atoms with Crippen LogP contribution in [0.25, 0.3) is 0 Å². The Kier molecular flexibility index (Phi) is 10.6. The lowest BCUT2D eigenvalue weighted by Crippen LogP contribution is -2.31. The quantitative estimate of drug-likeness (QED) is 0.647. The van der Waals surface area contributed by atoms with Crippen molar-refractivity contribution in [1.29, 1.82) is 0 Å². The van der Waals surface area contributed by atoms with Crippen LogP contribution in [-0.2, 0) is 21.6 Å². The van der Waals surface area contributed by atoms with Crippen molar-refractivity contribution in [3.63, 3.8) is 0 Å². The van der Waals surface area contributed by atoms with Gasteiger partial charge in [0.15, 0.2) is 0 Å². The van der Waals surface area contributed by atoms with E-state index in [0.717, 1.165) is 24.5 Å². The maximum Gasteiger partial charge on any atom is 0.207 e. The summed E-state index contributed by atoms with van der Waals surface area (Å²) in [6.07, 6.45) is 5.66. The first-order valence-corrected chi connectivity index (χ1v) is 9.30. The van der Waals surface area contributed by atoms with Crippen LogP contribution in [0, 0.1) is 5.92 Å². The van der Waals surface area contributed by atoms with E-state index in [1.165, 1.54) is 6.42 Å². The van der Waals surface area contributed by atoms with E-state index in [1.54, 1.807) is 0 Å². The molecular weight excluding hydrogens is 316 g/mol. The molecule has 6 heteroatoms. The molecule has 1 heterocycles. The van der Waals surface area contributed by atoms with Crippen LogP contribution < -0.4 is 5.32 Å². The largest absolute Gasteiger partial charge is 0.375 e. The molecule has 0 fully saturated rings. The fourth-order valence-corrected chi connectivity index (χ4v) is 1.62. The third-order valence-corrected chi connectivity index (χ3v) is 4.40. The molecule has 0 spiro atoms. The number of carbonyl (C=O) groups is 1. The van der Waals surface area contributed by atoms with Gasteiger partial charge in [-0.15, -0.1) is 5.10 Å². The van der Waals surface area contributed by atoms with Crippen molar-refractivity contribution in [2.45, 2.75) is 92.3 Å². The minimum Gasteiger partial charge on any atom is -0.375 e. The highest BCUT2D eigenvalue weighted by Gasteiger charge is 2.24. The first-order valence-electron chi connectivity index (χ1n) is 9.30. The lowest BCUT2D eigenvalue weighted by atomic mass is 10.0. The van der Waals surface area contributed by atoms with Crippen molar-refractivity contribution in [3.8, 4) is 0 Å². The van der Waals surface area contributed by atoms with Crippen molar-refractivity contribution in [1.82, 2.24) is 20.3 Å². The van der Waals surface area contributed by atoms with Gasteiger partial charge in [0.2, 0.25) is 6.41 Å². The minimum atomic E-state index is -0.170. The van der Waals surface area contributed by atoms with Crippen LogP contribution in [0.1, 0.15) is 80.3 Å². The normalized spacial score (nSPS) is 11.9. The van der Waals surface area contributed by atoms with Crippen molar-refractivity contribution in [2.24, 2.45) is 5.92 Å². The predicted octanol–water partition coefficient (Wildman–Crippen LogP) is 3.91. The van der Waals surface area contributed by atoms with Crippen LogP contribution >= 0.6 is 0 Å². The number of aromatic nitrogens is 3. The lowest BCUT2D eigenvalue weighted by Gasteiger charge is -2.28. The standard InChI is InChI=1S/C14H26N4O2.C5H12/c1-6-14(4,5)20-8-7-13(2,3)18-10-12(16-17-18)9-15-11-19;1-4-5(2)3/h10-11H,6-9H2,1-5H3,(H,15,19);5H,4H2,1-3H3. The van der Waals surface area contributed by atoms with Gasteiger partial charge in [0, 0.05) is 6.61 Å². The minimum absolute atomic E-state index is 0.0858. The monoisotopic (exact) mass is 354 g/mol. The van der Waals surface area contributed by atoms with E-state index in [0.29, 0.717) is 19.6 Å². The lowest BCUT2D eigenvalue weighted by molar-refractivity contribution is -0.109. The Labute approximate surface area is 153 Å². The Hall–Kier alpha value is -1.43. The second-order valence-electron chi connectivity index (χ2n) is 7.98. The summed E-state index contributed by atoms with van der Waals surface area (Å²) in [6.45, 7) is 18.2. The van der Waals surface area contributed by atoms with Crippen LogP contribution in [0.4, 0.5) is 0 Å². The molecule has 0 aromatic carbocycles. The number of hydrogen-bond donors (Lipinski definition) is 1. The zero-order valence-corrected chi connectivity index (χ0v) is 17.4. The number of carbonyl (C=O) groups excluding carboxylic acids is 1. The molecule has 0 saturated carbocycles. The number of amides is 1. The smallest absolute Gasteiger partial charge is 0.207 e. The molecule has 0 aliphatic rings. The second kappa shape index (κ2) is 11.2. The molecule has 0 unspecified atom stereocenters. The van der Waals surface area contributed by atoms with E-state index < -0.39 is 0 Å². The molecule has 0 atom stereocenters. The van der Waals surface area contributed by atoms with Crippen LogP contribution in [0.3, 0.4) is 0 Å². The summed E-state index contributed by atoms with van der Waals surface area (Å²) in [5.41, 5.74) is 0.494. The molecular formula is C19H38N4O2. The second-order valence-corrected chi connectivity index (χ2v) is 7.98. The Balaban J connectivity index is 0.00000101. The van der Waals surface area contributed by atoms with Gasteiger partial charge in [0.1, 0.15) is 5.69 Å². The van der Waals surface area contributed by atoms with Crippen LogP contribution in [-0.4, -0.2) is 33.6 Å². The van der Waals surface area contributed by atoms with Crippen LogP contribution in [0.15, 0.2) is 6.20 Å². The van der Waals surface area contributed by atoms with Gasteiger partial charge in [-0.25, -0.2) is 4.68 Å². The van der Waals surface area contributed by atoms with Gasteiger partial charge < -0.3 is 10.1 Å². The number of nitrogens with one attached hydrogen (secondary N) is 1. The molecule has 1 rings (SSSR count). The summed E-state index contributed by atoms with van der Waals surface area (Å²) >= 11 is 0. The Morgan fingerprint density at radius 1 is 1.28 bits per heavy atom. The fraction of sp³-hybridized carbons (Fsp3) is 0.842. The number of rotatable bonds is 10. The highest BCUT2D eigenvalue weighted by atomic mass is 16.5. The van der Waals surface area contributed by atoms with Crippen molar-refractivity contribution in [3.05, 3.63) is 11.9 Å². The summed E-state index contributed by atoms with van der Waals surface area (Å²) in [6, 6.07) is 0. The van der Waals surface area contributed by atoms with E-state index >= 15 is 0 Å². The highest BCUT2D eigenvalue weighted by molar-refractivity contribution is 5.45. The number of nitrogens with zero attached hydrogens (tertiary/aromatic N) is 3. The van der Waals surface area contributed by atoms with Crippen LogP contribution in [0.2, 0.25) is 0 Å². The van der Waals surface area contributed by atoms with Gasteiger partial charge in [-0.2, -0.15) is 0 Å².